The van der Waals surface area contributed by atoms with Crippen molar-refractivity contribution in [3.63, 3.8) is 0 Å². The monoisotopic (exact) mass is 466 g/mol. The van der Waals surface area contributed by atoms with Gasteiger partial charge in [-0.1, -0.05) is 82.3 Å². The van der Waals surface area contributed by atoms with Crippen molar-refractivity contribution < 1.29 is 19.1 Å². The summed E-state index contributed by atoms with van der Waals surface area (Å²) in [6, 6.07) is 18.4. The third-order valence-electron chi connectivity index (χ3n) is 6.59. The van der Waals surface area contributed by atoms with Crippen LogP contribution in [0, 0.1) is 11.8 Å². The fraction of sp³-hybridized carbons (Fsp3) is 0.533. The van der Waals surface area contributed by atoms with Crippen molar-refractivity contribution >= 4 is 11.9 Å². The van der Waals surface area contributed by atoms with Crippen LogP contribution in [0.4, 0.5) is 0 Å². The lowest BCUT2D eigenvalue weighted by molar-refractivity contribution is 0.00194. The Morgan fingerprint density at radius 1 is 0.676 bits per heavy atom. The van der Waals surface area contributed by atoms with E-state index in [1.165, 1.54) is 0 Å². The number of rotatable bonds is 15. The minimum absolute atomic E-state index is 0.161. The zero-order valence-electron chi connectivity index (χ0n) is 21.4. The molecule has 0 radical (unpaired) electrons. The highest BCUT2D eigenvalue weighted by molar-refractivity contribution is 5.89. The standard InChI is InChI=1S/C30H42O4/c1-5-7-15-25(22-21-23(3)33-29(31)26-16-11-9-12-17-26)28(20-8-6-2)24(4)34-30(32)27-18-13-10-14-19-27/h9-14,16-19,23-25,28H,5-8,15,20-22H2,1-4H3. The van der Waals surface area contributed by atoms with Gasteiger partial charge in [0.05, 0.1) is 17.2 Å². The number of ether oxygens (including phenoxy) is 2. The molecule has 0 aliphatic rings. The van der Waals surface area contributed by atoms with Crippen molar-refractivity contribution in [2.75, 3.05) is 0 Å². The van der Waals surface area contributed by atoms with Gasteiger partial charge in [-0.25, -0.2) is 9.59 Å². The average Bonchev–Trinajstić information content (AvgIpc) is 2.86. The number of carbonyl (C=O) groups excluding carboxylic acids is 2. The van der Waals surface area contributed by atoms with E-state index < -0.39 is 0 Å². The maximum atomic E-state index is 12.7. The van der Waals surface area contributed by atoms with E-state index >= 15 is 0 Å². The highest BCUT2D eigenvalue weighted by atomic mass is 16.5. The first-order chi connectivity index (χ1) is 16.5. The van der Waals surface area contributed by atoms with E-state index in [4.69, 9.17) is 9.47 Å². The van der Waals surface area contributed by atoms with Crippen LogP contribution < -0.4 is 0 Å². The number of benzene rings is 2. The van der Waals surface area contributed by atoms with Crippen LogP contribution in [0.1, 0.15) is 99.8 Å². The van der Waals surface area contributed by atoms with Crippen molar-refractivity contribution in [3.05, 3.63) is 71.8 Å². The second kappa shape index (κ2) is 15.3. The number of carbonyl (C=O) groups is 2. The Bertz CT molecular complexity index is 833. The van der Waals surface area contributed by atoms with Crippen molar-refractivity contribution in [2.24, 2.45) is 11.8 Å². The van der Waals surface area contributed by atoms with Crippen LogP contribution in [0.2, 0.25) is 0 Å². The average molecular weight is 467 g/mol. The van der Waals surface area contributed by atoms with Crippen LogP contribution in [0.3, 0.4) is 0 Å². The van der Waals surface area contributed by atoms with Crippen molar-refractivity contribution in [1.82, 2.24) is 0 Å². The summed E-state index contributed by atoms with van der Waals surface area (Å²) in [6.07, 6.45) is 8.05. The third-order valence-corrected chi connectivity index (χ3v) is 6.59. The first-order valence-electron chi connectivity index (χ1n) is 13.0. The number of hydrogen-bond donors (Lipinski definition) is 0. The lowest BCUT2D eigenvalue weighted by Gasteiger charge is -2.32. The van der Waals surface area contributed by atoms with Crippen molar-refractivity contribution in [1.29, 1.82) is 0 Å². The van der Waals surface area contributed by atoms with Crippen LogP contribution >= 0.6 is 0 Å². The predicted molar refractivity (Wildman–Crippen MR) is 138 cm³/mol. The smallest absolute Gasteiger partial charge is 0.338 e. The molecule has 0 amide bonds. The van der Waals surface area contributed by atoms with Gasteiger partial charge in [-0.05, 0) is 69.2 Å². The fourth-order valence-corrected chi connectivity index (χ4v) is 4.56. The van der Waals surface area contributed by atoms with Gasteiger partial charge < -0.3 is 9.47 Å². The lowest BCUT2D eigenvalue weighted by atomic mass is 9.78. The first kappa shape index (κ1) is 27.6. The molecular weight excluding hydrogens is 424 g/mol. The summed E-state index contributed by atoms with van der Waals surface area (Å²) in [6.45, 7) is 8.42. The molecule has 4 heteroatoms. The number of esters is 2. The molecule has 0 N–H and O–H groups in total. The molecular formula is C30H42O4. The van der Waals surface area contributed by atoms with Gasteiger partial charge in [-0.3, -0.25) is 0 Å². The molecule has 2 aromatic rings. The molecule has 0 aliphatic carbocycles. The topological polar surface area (TPSA) is 52.6 Å². The van der Waals surface area contributed by atoms with Gasteiger partial charge in [-0.15, -0.1) is 0 Å². The Kier molecular flexibility index (Phi) is 12.4. The molecule has 2 rings (SSSR count). The molecule has 0 fully saturated rings. The molecule has 2 aromatic carbocycles. The predicted octanol–water partition coefficient (Wildman–Crippen LogP) is 7.87. The summed E-state index contributed by atoms with van der Waals surface area (Å²) >= 11 is 0. The Balaban J connectivity index is 2.03. The van der Waals surface area contributed by atoms with Crippen molar-refractivity contribution in [2.45, 2.75) is 91.3 Å². The zero-order chi connectivity index (χ0) is 24.8. The zero-order valence-corrected chi connectivity index (χ0v) is 21.4. The summed E-state index contributed by atoms with van der Waals surface area (Å²) in [5, 5.41) is 0. The van der Waals surface area contributed by atoms with E-state index in [0.717, 1.165) is 51.4 Å². The van der Waals surface area contributed by atoms with Gasteiger partial charge in [0.25, 0.3) is 0 Å². The summed E-state index contributed by atoms with van der Waals surface area (Å²) in [5.74, 6) is 0.180. The SMILES string of the molecule is CCCCC(CCC(C)OC(=O)c1ccccc1)C(CCCC)C(C)OC(=O)c1ccccc1. The Labute approximate surface area is 206 Å². The van der Waals surface area contributed by atoms with Gasteiger partial charge in [0.15, 0.2) is 0 Å². The molecule has 0 bridgehead atoms. The maximum absolute atomic E-state index is 12.7. The van der Waals surface area contributed by atoms with E-state index in [9.17, 15) is 9.59 Å². The molecule has 0 saturated carbocycles. The van der Waals surface area contributed by atoms with E-state index in [1.807, 2.05) is 50.2 Å². The second-order valence-electron chi connectivity index (χ2n) is 9.34. The molecule has 4 unspecified atom stereocenters. The summed E-state index contributed by atoms with van der Waals surface area (Å²) < 4.78 is 11.7. The molecule has 186 valence electrons. The third kappa shape index (κ3) is 9.32. The summed E-state index contributed by atoms with van der Waals surface area (Å²) in [4.78, 5) is 25.1. The van der Waals surface area contributed by atoms with Crippen LogP contribution in [-0.4, -0.2) is 24.1 Å². The highest BCUT2D eigenvalue weighted by Crippen LogP contribution is 2.33. The van der Waals surface area contributed by atoms with Gasteiger partial charge in [-0.2, -0.15) is 0 Å². The summed E-state index contributed by atoms with van der Waals surface area (Å²) in [7, 11) is 0. The summed E-state index contributed by atoms with van der Waals surface area (Å²) in [5.41, 5.74) is 1.18. The molecule has 0 saturated heterocycles. The van der Waals surface area contributed by atoms with Crippen LogP contribution in [0.25, 0.3) is 0 Å². The molecule has 4 atom stereocenters. The van der Waals surface area contributed by atoms with Gasteiger partial charge >= 0.3 is 11.9 Å². The fourth-order valence-electron chi connectivity index (χ4n) is 4.56. The Hall–Kier alpha value is -2.62. The van der Waals surface area contributed by atoms with Gasteiger partial charge in [0.2, 0.25) is 0 Å². The Morgan fingerprint density at radius 3 is 1.71 bits per heavy atom. The minimum Gasteiger partial charge on any atom is -0.459 e. The first-order valence-corrected chi connectivity index (χ1v) is 13.0. The molecule has 4 nitrogen and oxygen atoms in total. The molecule has 0 aromatic heterocycles. The quantitative estimate of drug-likeness (QED) is 0.251. The van der Waals surface area contributed by atoms with E-state index in [2.05, 4.69) is 13.8 Å². The van der Waals surface area contributed by atoms with E-state index in [1.54, 1.807) is 24.3 Å². The lowest BCUT2D eigenvalue weighted by Crippen LogP contribution is -2.31. The maximum Gasteiger partial charge on any atom is 0.338 e. The largest absolute Gasteiger partial charge is 0.459 e. The van der Waals surface area contributed by atoms with E-state index in [-0.39, 0.29) is 30.1 Å². The molecule has 34 heavy (non-hydrogen) atoms. The second-order valence-corrected chi connectivity index (χ2v) is 9.34. The molecule has 0 spiro atoms. The molecule has 0 aliphatic heterocycles. The van der Waals surface area contributed by atoms with Crippen LogP contribution in [0.5, 0.6) is 0 Å². The number of hydrogen-bond acceptors (Lipinski definition) is 4. The van der Waals surface area contributed by atoms with E-state index in [0.29, 0.717) is 17.0 Å². The van der Waals surface area contributed by atoms with Gasteiger partial charge in [0, 0.05) is 0 Å². The minimum atomic E-state index is -0.272. The van der Waals surface area contributed by atoms with Crippen molar-refractivity contribution in [3.8, 4) is 0 Å². The Morgan fingerprint density at radius 2 is 1.18 bits per heavy atom. The highest BCUT2D eigenvalue weighted by Gasteiger charge is 2.29. The number of unbranched alkanes of at least 4 members (excludes halogenated alkanes) is 2. The van der Waals surface area contributed by atoms with Crippen LogP contribution in [0.15, 0.2) is 60.7 Å². The van der Waals surface area contributed by atoms with Crippen LogP contribution in [-0.2, 0) is 9.47 Å². The normalized spacial score (nSPS) is 14.6. The van der Waals surface area contributed by atoms with Gasteiger partial charge in [0.1, 0.15) is 6.10 Å². The molecule has 0 heterocycles.